The summed E-state index contributed by atoms with van der Waals surface area (Å²) >= 11 is 0. The van der Waals surface area contributed by atoms with Crippen LogP contribution in [0.2, 0.25) is 0 Å². The number of pyridine rings is 3. The summed E-state index contributed by atoms with van der Waals surface area (Å²) in [5.74, 6) is -1.51. The second kappa shape index (κ2) is 8.79. The van der Waals surface area contributed by atoms with Crippen LogP contribution >= 0.6 is 0 Å². The number of nitrogens with zero attached hydrogens (tertiary/aromatic N) is 3. The number of fused-ring (bicyclic) bond motifs is 1. The van der Waals surface area contributed by atoms with Gasteiger partial charge in [0.1, 0.15) is 17.0 Å². The Kier molecular flexibility index (Phi) is 5.73. The van der Waals surface area contributed by atoms with Crippen LogP contribution in [0.15, 0.2) is 65.7 Å². The van der Waals surface area contributed by atoms with Gasteiger partial charge in [0.2, 0.25) is 5.43 Å². The molecule has 0 saturated heterocycles. The third-order valence-corrected chi connectivity index (χ3v) is 5.04. The Morgan fingerprint density at radius 1 is 1.06 bits per heavy atom. The average molecular weight is 444 g/mol. The number of benzene rings is 1. The van der Waals surface area contributed by atoms with Gasteiger partial charge in [-0.1, -0.05) is 12.1 Å². The van der Waals surface area contributed by atoms with E-state index in [0.29, 0.717) is 29.3 Å². The third kappa shape index (κ3) is 4.22. The predicted molar refractivity (Wildman–Crippen MR) is 125 cm³/mol. The van der Waals surface area contributed by atoms with Crippen molar-refractivity contribution in [2.24, 2.45) is 0 Å². The molecule has 0 unspecified atom stereocenters. The van der Waals surface area contributed by atoms with Gasteiger partial charge in [0.25, 0.3) is 0 Å². The number of hydrogen-bond donors (Lipinski definition) is 4. The first kappa shape index (κ1) is 21.5. The lowest BCUT2D eigenvalue weighted by molar-refractivity contribution is 0.0696. The maximum Gasteiger partial charge on any atom is 0.343 e. The number of nitrogen functional groups attached to an aromatic ring is 1. The number of carbonyl (C=O) groups excluding carboxylic acids is 1. The predicted octanol–water partition coefficient (Wildman–Crippen LogP) is 3.40. The monoisotopic (exact) mass is 444 g/mol. The summed E-state index contributed by atoms with van der Waals surface area (Å²) in [6.07, 6.45) is 3.15. The fourth-order valence-corrected chi connectivity index (χ4v) is 3.47. The van der Waals surface area contributed by atoms with E-state index in [0.717, 1.165) is 5.56 Å². The number of rotatable bonds is 5. The second-order valence-electron chi connectivity index (χ2n) is 7.10. The molecule has 0 aliphatic carbocycles. The second-order valence-corrected chi connectivity index (χ2v) is 7.10. The molecule has 33 heavy (non-hydrogen) atoms. The zero-order valence-corrected chi connectivity index (χ0v) is 17.6. The summed E-state index contributed by atoms with van der Waals surface area (Å²) in [4.78, 5) is 44.8. The van der Waals surface area contributed by atoms with Crippen LogP contribution in [0.4, 0.5) is 22.0 Å². The van der Waals surface area contributed by atoms with Crippen LogP contribution in [0.5, 0.6) is 0 Å². The molecule has 2 amide bonds. The fraction of sp³-hybridized carbons (Fsp3) is 0.0870. The van der Waals surface area contributed by atoms with Crippen molar-refractivity contribution < 1.29 is 14.7 Å². The van der Waals surface area contributed by atoms with E-state index >= 15 is 0 Å². The Bertz CT molecular complexity index is 1420. The van der Waals surface area contributed by atoms with Gasteiger partial charge in [-0.25, -0.2) is 14.6 Å². The van der Waals surface area contributed by atoms with Crippen LogP contribution in [0.3, 0.4) is 0 Å². The molecular formula is C23H20N6O4. The van der Waals surface area contributed by atoms with Gasteiger partial charge in [-0.05, 0) is 43.3 Å². The van der Waals surface area contributed by atoms with Gasteiger partial charge < -0.3 is 26.0 Å². The summed E-state index contributed by atoms with van der Waals surface area (Å²) in [6, 6.07) is 13.2. The minimum Gasteiger partial charge on any atom is -0.477 e. The maximum atomic E-state index is 12.6. The SMILES string of the molecule is CCn1c(N)c(C(=O)O)c(=O)c2ccc(-c3ccc(NC(=O)Nc4cccnc4)cc3)nc21. The Hall–Kier alpha value is -4.73. The van der Waals surface area contributed by atoms with Crippen molar-refractivity contribution in [3.8, 4) is 11.3 Å². The van der Waals surface area contributed by atoms with E-state index in [-0.39, 0.29) is 11.2 Å². The van der Waals surface area contributed by atoms with E-state index in [1.165, 1.54) is 10.8 Å². The summed E-state index contributed by atoms with van der Waals surface area (Å²) in [5.41, 5.74) is 7.59. The summed E-state index contributed by atoms with van der Waals surface area (Å²) < 4.78 is 1.50. The molecule has 0 saturated carbocycles. The highest BCUT2D eigenvalue weighted by atomic mass is 16.4. The molecule has 3 aromatic heterocycles. The molecule has 0 aliphatic heterocycles. The van der Waals surface area contributed by atoms with E-state index < -0.39 is 23.0 Å². The molecule has 10 heteroatoms. The van der Waals surface area contributed by atoms with Crippen LogP contribution < -0.4 is 21.8 Å². The number of aromatic nitrogens is 3. The fourth-order valence-electron chi connectivity index (χ4n) is 3.47. The van der Waals surface area contributed by atoms with Crippen LogP contribution in [0.25, 0.3) is 22.3 Å². The highest BCUT2D eigenvalue weighted by Crippen LogP contribution is 2.24. The highest BCUT2D eigenvalue weighted by molar-refractivity contribution is 6.00. The summed E-state index contributed by atoms with van der Waals surface area (Å²) in [7, 11) is 0. The van der Waals surface area contributed by atoms with Crippen molar-refractivity contribution in [2.45, 2.75) is 13.5 Å². The summed E-state index contributed by atoms with van der Waals surface area (Å²) in [6.45, 7) is 2.13. The molecule has 0 bridgehead atoms. The molecule has 0 spiro atoms. The molecular weight excluding hydrogens is 424 g/mol. The number of anilines is 3. The highest BCUT2D eigenvalue weighted by Gasteiger charge is 2.20. The molecule has 1 aromatic carbocycles. The number of urea groups is 1. The number of nitrogens with two attached hydrogens (primary N) is 1. The summed E-state index contributed by atoms with van der Waals surface area (Å²) in [5, 5.41) is 15.0. The third-order valence-electron chi connectivity index (χ3n) is 5.04. The van der Waals surface area contributed by atoms with Crippen LogP contribution in [0, 0.1) is 0 Å². The normalized spacial score (nSPS) is 10.7. The molecule has 0 radical (unpaired) electrons. The van der Waals surface area contributed by atoms with Gasteiger partial charge in [-0.3, -0.25) is 9.78 Å². The lowest BCUT2D eigenvalue weighted by Gasteiger charge is -2.14. The first-order chi connectivity index (χ1) is 15.9. The topological polar surface area (TPSA) is 152 Å². The van der Waals surface area contributed by atoms with Crippen molar-refractivity contribution in [1.29, 1.82) is 0 Å². The van der Waals surface area contributed by atoms with Gasteiger partial charge in [0.05, 0.1) is 23.0 Å². The molecule has 4 rings (SSSR count). The van der Waals surface area contributed by atoms with Crippen molar-refractivity contribution in [2.75, 3.05) is 16.4 Å². The quantitative estimate of drug-likeness (QED) is 0.368. The van der Waals surface area contributed by atoms with Gasteiger partial charge in [0.15, 0.2) is 0 Å². The molecule has 166 valence electrons. The maximum absolute atomic E-state index is 12.6. The number of carboxylic acid groups (broad SMARTS) is 1. The number of carboxylic acids is 1. The number of hydrogen-bond acceptors (Lipinski definition) is 6. The number of aryl methyl sites for hydroxylation is 1. The molecule has 0 aliphatic rings. The zero-order valence-electron chi connectivity index (χ0n) is 17.6. The molecule has 0 atom stereocenters. The van der Waals surface area contributed by atoms with Gasteiger partial charge >= 0.3 is 12.0 Å². The molecule has 5 N–H and O–H groups in total. The van der Waals surface area contributed by atoms with Crippen molar-refractivity contribution in [3.05, 3.63) is 76.7 Å². The smallest absolute Gasteiger partial charge is 0.343 e. The Labute approximate surface area is 187 Å². The molecule has 10 nitrogen and oxygen atoms in total. The van der Waals surface area contributed by atoms with Crippen LogP contribution in [0.1, 0.15) is 17.3 Å². The number of amides is 2. The molecule has 3 heterocycles. The molecule has 4 aromatic rings. The first-order valence-corrected chi connectivity index (χ1v) is 10.0. The number of nitrogens with one attached hydrogen (secondary N) is 2. The Morgan fingerprint density at radius 2 is 1.79 bits per heavy atom. The lowest BCUT2D eigenvalue weighted by atomic mass is 10.1. The number of carbonyl (C=O) groups is 2. The van der Waals surface area contributed by atoms with E-state index in [1.807, 2.05) is 0 Å². The zero-order chi connectivity index (χ0) is 23.5. The van der Waals surface area contributed by atoms with Gasteiger partial charge in [-0.2, -0.15) is 0 Å². The van der Waals surface area contributed by atoms with Crippen LogP contribution in [-0.4, -0.2) is 31.6 Å². The van der Waals surface area contributed by atoms with E-state index in [2.05, 4.69) is 20.6 Å². The van der Waals surface area contributed by atoms with E-state index in [1.54, 1.807) is 61.7 Å². The minimum atomic E-state index is -1.37. The van der Waals surface area contributed by atoms with E-state index in [4.69, 9.17) is 5.73 Å². The van der Waals surface area contributed by atoms with Crippen molar-refractivity contribution in [3.63, 3.8) is 0 Å². The standard InChI is InChI=1S/C23H20N6O4/c1-2-29-20(24)18(22(31)32)19(30)16-9-10-17(28-21(16)29)13-5-7-14(8-6-13)26-23(33)27-15-4-3-11-25-12-15/h3-12H,2,24H2,1H3,(H,31,32)(H2,26,27,33). The number of aromatic carboxylic acids is 1. The van der Waals surface area contributed by atoms with Crippen LogP contribution in [-0.2, 0) is 6.54 Å². The Morgan fingerprint density at radius 3 is 2.42 bits per heavy atom. The lowest BCUT2D eigenvalue weighted by Crippen LogP contribution is -2.23. The largest absolute Gasteiger partial charge is 0.477 e. The first-order valence-electron chi connectivity index (χ1n) is 10.0. The minimum absolute atomic E-state index is 0.133. The van der Waals surface area contributed by atoms with Gasteiger partial charge in [0, 0.05) is 24.0 Å². The van der Waals surface area contributed by atoms with Gasteiger partial charge in [-0.15, -0.1) is 0 Å². The van der Waals surface area contributed by atoms with Crippen molar-refractivity contribution >= 4 is 40.2 Å². The average Bonchev–Trinajstić information content (AvgIpc) is 2.80. The molecule has 0 fully saturated rings. The van der Waals surface area contributed by atoms with E-state index in [9.17, 15) is 19.5 Å². The van der Waals surface area contributed by atoms with Crippen molar-refractivity contribution in [1.82, 2.24) is 14.5 Å². The Balaban J connectivity index is 1.63.